The summed E-state index contributed by atoms with van der Waals surface area (Å²) in [7, 11) is 0. The molecule has 0 bridgehead atoms. The van der Waals surface area contributed by atoms with Crippen LogP contribution in [0.2, 0.25) is 0 Å². The predicted octanol–water partition coefficient (Wildman–Crippen LogP) is 2.33. The molecule has 0 aliphatic carbocycles. The van der Waals surface area contributed by atoms with Gasteiger partial charge in [0.1, 0.15) is 17.2 Å². The van der Waals surface area contributed by atoms with Gasteiger partial charge in [-0.25, -0.2) is 14.4 Å². The van der Waals surface area contributed by atoms with Crippen molar-refractivity contribution in [2.45, 2.75) is 12.8 Å². The van der Waals surface area contributed by atoms with Crippen molar-refractivity contribution < 1.29 is 4.39 Å². The minimum atomic E-state index is -0.386. The van der Waals surface area contributed by atoms with Crippen LogP contribution in [0, 0.1) is 11.7 Å². The summed E-state index contributed by atoms with van der Waals surface area (Å²) in [5, 5.41) is 7.81. The molecular formula is C17H19FN6. The molecule has 0 amide bonds. The molecule has 1 atom stereocenters. The molecule has 0 aromatic carbocycles. The summed E-state index contributed by atoms with van der Waals surface area (Å²) in [5.41, 5.74) is 7.18. The predicted molar refractivity (Wildman–Crippen MR) is 91.1 cm³/mol. The molecule has 124 valence electrons. The first-order valence-electron chi connectivity index (χ1n) is 8.17. The Morgan fingerprint density at radius 2 is 2.21 bits per heavy atom. The number of H-pyrrole nitrogens is 1. The first-order chi connectivity index (χ1) is 11.8. The van der Waals surface area contributed by atoms with Crippen LogP contribution in [0.4, 0.5) is 10.2 Å². The van der Waals surface area contributed by atoms with Gasteiger partial charge in [-0.3, -0.25) is 5.10 Å². The third-order valence-electron chi connectivity index (χ3n) is 4.57. The second-order valence-corrected chi connectivity index (χ2v) is 6.16. The van der Waals surface area contributed by atoms with Crippen LogP contribution < -0.4 is 10.6 Å². The Morgan fingerprint density at radius 1 is 1.29 bits per heavy atom. The van der Waals surface area contributed by atoms with Crippen LogP contribution in [0.15, 0.2) is 30.5 Å². The van der Waals surface area contributed by atoms with Crippen molar-refractivity contribution in [3.05, 3.63) is 36.3 Å². The topological polar surface area (TPSA) is 83.7 Å². The number of nitrogens with one attached hydrogen (secondary N) is 1. The fraction of sp³-hybridized carbons (Fsp3) is 0.353. The van der Waals surface area contributed by atoms with Crippen molar-refractivity contribution in [3.8, 4) is 11.4 Å². The van der Waals surface area contributed by atoms with Crippen molar-refractivity contribution in [2.75, 3.05) is 24.5 Å². The molecule has 1 saturated heterocycles. The van der Waals surface area contributed by atoms with Crippen molar-refractivity contribution in [1.29, 1.82) is 0 Å². The molecule has 0 radical (unpaired) electrons. The number of nitrogens with two attached hydrogens (primary N) is 1. The number of hydrogen-bond acceptors (Lipinski definition) is 5. The van der Waals surface area contributed by atoms with E-state index in [1.165, 1.54) is 6.07 Å². The maximum Gasteiger partial charge on any atom is 0.155 e. The molecule has 6 nitrogen and oxygen atoms in total. The van der Waals surface area contributed by atoms with Crippen LogP contribution in [0.1, 0.15) is 12.8 Å². The van der Waals surface area contributed by atoms with Crippen molar-refractivity contribution in [2.24, 2.45) is 11.7 Å². The third-order valence-corrected chi connectivity index (χ3v) is 4.57. The summed E-state index contributed by atoms with van der Waals surface area (Å²) in [6.45, 7) is 2.44. The largest absolute Gasteiger partial charge is 0.356 e. The van der Waals surface area contributed by atoms with E-state index >= 15 is 0 Å². The van der Waals surface area contributed by atoms with Crippen LogP contribution in [0.25, 0.3) is 22.4 Å². The number of fused-ring (bicyclic) bond motifs is 1. The first-order valence-corrected chi connectivity index (χ1v) is 8.17. The molecule has 3 N–H and O–H groups in total. The third kappa shape index (κ3) is 2.60. The first kappa shape index (κ1) is 15.0. The highest BCUT2D eigenvalue weighted by Gasteiger charge is 2.22. The molecule has 24 heavy (non-hydrogen) atoms. The summed E-state index contributed by atoms with van der Waals surface area (Å²) < 4.78 is 14.4. The average Bonchev–Trinajstić information content (AvgIpc) is 3.06. The second kappa shape index (κ2) is 6.16. The molecule has 7 heteroatoms. The number of halogens is 1. The van der Waals surface area contributed by atoms with Gasteiger partial charge in [0.15, 0.2) is 11.5 Å². The average molecular weight is 326 g/mol. The van der Waals surface area contributed by atoms with Gasteiger partial charge in [0.2, 0.25) is 0 Å². The fourth-order valence-electron chi connectivity index (χ4n) is 3.27. The summed E-state index contributed by atoms with van der Waals surface area (Å²) >= 11 is 0. The number of nitrogens with zero attached hydrogens (tertiary/aromatic N) is 4. The smallest absolute Gasteiger partial charge is 0.155 e. The number of aromatic amines is 1. The quantitative estimate of drug-likeness (QED) is 0.772. The summed E-state index contributed by atoms with van der Waals surface area (Å²) in [5.74, 6) is 0.845. The van der Waals surface area contributed by atoms with Crippen molar-refractivity contribution in [1.82, 2.24) is 20.2 Å². The number of piperidine rings is 1. The Bertz CT molecular complexity index is 861. The zero-order chi connectivity index (χ0) is 16.5. The molecule has 0 spiro atoms. The second-order valence-electron chi connectivity index (χ2n) is 6.16. The number of pyridine rings is 2. The zero-order valence-electron chi connectivity index (χ0n) is 13.2. The van der Waals surface area contributed by atoms with Gasteiger partial charge in [-0.05, 0) is 49.6 Å². The Hall–Kier alpha value is -2.54. The van der Waals surface area contributed by atoms with Crippen LogP contribution in [-0.4, -0.2) is 39.8 Å². The molecule has 1 unspecified atom stereocenters. The maximum atomic E-state index is 14.4. The molecule has 4 heterocycles. The molecule has 3 aromatic heterocycles. The normalized spacial score (nSPS) is 18.2. The number of rotatable bonds is 3. The van der Waals surface area contributed by atoms with E-state index in [4.69, 9.17) is 5.73 Å². The van der Waals surface area contributed by atoms with Gasteiger partial charge in [0.25, 0.3) is 0 Å². The van der Waals surface area contributed by atoms with Crippen LogP contribution in [0.3, 0.4) is 0 Å². The van der Waals surface area contributed by atoms with Gasteiger partial charge in [-0.1, -0.05) is 0 Å². The van der Waals surface area contributed by atoms with E-state index in [0.717, 1.165) is 37.1 Å². The molecule has 1 aliphatic rings. The van der Waals surface area contributed by atoms with E-state index in [2.05, 4.69) is 25.1 Å². The molecule has 1 fully saturated rings. The molecule has 4 rings (SSSR count). The van der Waals surface area contributed by atoms with Gasteiger partial charge in [-0.15, -0.1) is 0 Å². The Balaban J connectivity index is 1.74. The number of hydrogen-bond donors (Lipinski definition) is 2. The lowest BCUT2D eigenvalue weighted by Gasteiger charge is -2.33. The van der Waals surface area contributed by atoms with Crippen molar-refractivity contribution in [3.63, 3.8) is 0 Å². The van der Waals surface area contributed by atoms with Crippen LogP contribution in [-0.2, 0) is 0 Å². The fourth-order valence-corrected chi connectivity index (χ4v) is 3.27. The van der Waals surface area contributed by atoms with E-state index in [-0.39, 0.29) is 11.5 Å². The minimum Gasteiger partial charge on any atom is -0.356 e. The monoisotopic (exact) mass is 326 g/mol. The number of anilines is 1. The highest BCUT2D eigenvalue weighted by molar-refractivity contribution is 5.89. The van der Waals surface area contributed by atoms with E-state index in [9.17, 15) is 4.39 Å². The van der Waals surface area contributed by atoms with Gasteiger partial charge >= 0.3 is 0 Å². The van der Waals surface area contributed by atoms with Gasteiger partial charge < -0.3 is 10.6 Å². The molecule has 1 aliphatic heterocycles. The van der Waals surface area contributed by atoms with Gasteiger partial charge in [0.05, 0.1) is 0 Å². The Labute approximate surface area is 138 Å². The van der Waals surface area contributed by atoms with E-state index < -0.39 is 0 Å². The van der Waals surface area contributed by atoms with E-state index in [1.54, 1.807) is 18.3 Å². The highest BCUT2D eigenvalue weighted by atomic mass is 19.1. The van der Waals surface area contributed by atoms with Crippen LogP contribution in [0.5, 0.6) is 0 Å². The van der Waals surface area contributed by atoms with E-state index in [0.29, 0.717) is 23.8 Å². The maximum absolute atomic E-state index is 14.4. The Kier molecular flexibility index (Phi) is 3.86. The molecular weight excluding hydrogens is 307 g/mol. The lowest BCUT2D eigenvalue weighted by atomic mass is 9.98. The standard InChI is InChI=1S/C17H19FN6/c18-13-5-6-14(24-8-2-3-11(9-19)10-24)21-16(13)15-12-4-1-7-20-17(12)23-22-15/h1,4-7,11H,2-3,8-10,19H2,(H,20,22,23). The highest BCUT2D eigenvalue weighted by Crippen LogP contribution is 2.29. The van der Waals surface area contributed by atoms with E-state index in [1.807, 2.05) is 6.07 Å². The minimum absolute atomic E-state index is 0.252. The Morgan fingerprint density at radius 3 is 3.08 bits per heavy atom. The summed E-state index contributed by atoms with van der Waals surface area (Å²) in [6, 6.07) is 6.85. The summed E-state index contributed by atoms with van der Waals surface area (Å²) in [4.78, 5) is 10.9. The molecule has 0 saturated carbocycles. The SMILES string of the molecule is NCC1CCCN(c2ccc(F)c(-c3n[nH]c4ncccc34)n2)C1. The lowest BCUT2D eigenvalue weighted by Crippen LogP contribution is -2.38. The van der Waals surface area contributed by atoms with Crippen molar-refractivity contribution >= 4 is 16.9 Å². The van der Waals surface area contributed by atoms with Crippen LogP contribution >= 0.6 is 0 Å². The van der Waals surface area contributed by atoms with Gasteiger partial charge in [-0.2, -0.15) is 5.10 Å². The lowest BCUT2D eigenvalue weighted by molar-refractivity contribution is 0.421. The molecule has 3 aromatic rings. The summed E-state index contributed by atoms with van der Waals surface area (Å²) in [6.07, 6.45) is 3.88. The van der Waals surface area contributed by atoms with Gasteiger partial charge in [0, 0.05) is 24.7 Å². The number of aromatic nitrogens is 4. The zero-order valence-corrected chi connectivity index (χ0v) is 13.2.